The molecular formula is C11H13BrOS. The quantitative estimate of drug-likeness (QED) is 0.778. The first-order chi connectivity index (χ1) is 6.66. The van der Waals surface area contributed by atoms with Crippen molar-refractivity contribution in [3.8, 4) is 0 Å². The van der Waals surface area contributed by atoms with Crippen molar-refractivity contribution in [3.05, 3.63) is 33.8 Å². The van der Waals surface area contributed by atoms with Crippen molar-refractivity contribution in [2.24, 2.45) is 0 Å². The SMILES string of the molecule is CSCCC(=O)c1cccc(C)c1Br. The van der Waals surface area contributed by atoms with Gasteiger partial charge in [-0.15, -0.1) is 0 Å². The molecule has 0 heterocycles. The van der Waals surface area contributed by atoms with E-state index in [0.29, 0.717) is 6.42 Å². The van der Waals surface area contributed by atoms with Crippen molar-refractivity contribution in [3.63, 3.8) is 0 Å². The minimum atomic E-state index is 0.218. The lowest BCUT2D eigenvalue weighted by atomic mass is 10.1. The molecule has 1 aromatic carbocycles. The molecule has 0 aliphatic heterocycles. The smallest absolute Gasteiger partial charge is 0.164 e. The highest BCUT2D eigenvalue weighted by atomic mass is 79.9. The third-order valence-electron chi connectivity index (χ3n) is 2.03. The Labute approximate surface area is 97.4 Å². The molecule has 76 valence electrons. The van der Waals surface area contributed by atoms with Gasteiger partial charge in [0, 0.05) is 22.2 Å². The number of carbonyl (C=O) groups excluding carboxylic acids is 1. The fraction of sp³-hybridized carbons (Fsp3) is 0.364. The summed E-state index contributed by atoms with van der Waals surface area (Å²) in [6.45, 7) is 2.00. The van der Waals surface area contributed by atoms with Gasteiger partial charge in [0.2, 0.25) is 0 Å². The van der Waals surface area contributed by atoms with Crippen LogP contribution in [-0.4, -0.2) is 17.8 Å². The average molecular weight is 273 g/mol. The summed E-state index contributed by atoms with van der Waals surface area (Å²) >= 11 is 5.14. The molecule has 1 rings (SSSR count). The van der Waals surface area contributed by atoms with Gasteiger partial charge in [-0.1, -0.05) is 18.2 Å². The van der Waals surface area contributed by atoms with E-state index < -0.39 is 0 Å². The van der Waals surface area contributed by atoms with Crippen LogP contribution in [0.4, 0.5) is 0 Å². The predicted molar refractivity (Wildman–Crippen MR) is 66.2 cm³/mol. The highest BCUT2D eigenvalue weighted by Gasteiger charge is 2.10. The number of halogens is 1. The molecule has 1 aromatic rings. The predicted octanol–water partition coefficient (Wildman–Crippen LogP) is 3.69. The van der Waals surface area contributed by atoms with E-state index in [1.54, 1.807) is 11.8 Å². The Bertz CT molecular complexity index is 336. The normalized spacial score (nSPS) is 10.2. The van der Waals surface area contributed by atoms with E-state index in [1.807, 2.05) is 31.4 Å². The van der Waals surface area contributed by atoms with Crippen LogP contribution in [0.25, 0.3) is 0 Å². The second-order valence-electron chi connectivity index (χ2n) is 3.10. The molecule has 3 heteroatoms. The van der Waals surface area contributed by atoms with Crippen LogP contribution in [0.15, 0.2) is 22.7 Å². The molecule has 14 heavy (non-hydrogen) atoms. The number of hydrogen-bond donors (Lipinski definition) is 0. The maximum atomic E-state index is 11.7. The molecule has 0 aromatic heterocycles. The van der Waals surface area contributed by atoms with Crippen LogP contribution in [0.3, 0.4) is 0 Å². The van der Waals surface area contributed by atoms with Crippen LogP contribution < -0.4 is 0 Å². The van der Waals surface area contributed by atoms with Crippen LogP contribution in [0, 0.1) is 6.92 Å². The number of carbonyl (C=O) groups is 1. The third kappa shape index (κ3) is 2.85. The van der Waals surface area contributed by atoms with E-state index in [0.717, 1.165) is 21.4 Å². The van der Waals surface area contributed by atoms with Crippen molar-refractivity contribution >= 4 is 33.5 Å². The van der Waals surface area contributed by atoms with E-state index in [-0.39, 0.29) is 5.78 Å². The Morgan fingerprint density at radius 2 is 2.21 bits per heavy atom. The fourth-order valence-corrected chi connectivity index (χ4v) is 2.07. The van der Waals surface area contributed by atoms with Gasteiger partial charge in [0.25, 0.3) is 0 Å². The van der Waals surface area contributed by atoms with Gasteiger partial charge in [0.15, 0.2) is 5.78 Å². The Hall–Kier alpha value is -0.280. The molecule has 0 bridgehead atoms. The van der Waals surface area contributed by atoms with Crippen molar-refractivity contribution in [2.75, 3.05) is 12.0 Å². The fourth-order valence-electron chi connectivity index (χ4n) is 1.19. The van der Waals surface area contributed by atoms with Gasteiger partial charge in [0.1, 0.15) is 0 Å². The lowest BCUT2D eigenvalue weighted by Gasteiger charge is -2.05. The molecule has 1 nitrogen and oxygen atoms in total. The lowest BCUT2D eigenvalue weighted by molar-refractivity contribution is 0.0988. The van der Waals surface area contributed by atoms with Crippen molar-refractivity contribution < 1.29 is 4.79 Å². The first-order valence-corrected chi connectivity index (χ1v) is 6.62. The topological polar surface area (TPSA) is 17.1 Å². The number of Topliss-reactive ketones (excluding diaryl/α,β-unsaturated/α-hetero) is 1. The number of ketones is 1. The Balaban J connectivity index is 2.84. The zero-order valence-corrected chi connectivity index (χ0v) is 10.7. The lowest BCUT2D eigenvalue weighted by Crippen LogP contribution is -2.02. The molecular weight excluding hydrogens is 260 g/mol. The summed E-state index contributed by atoms with van der Waals surface area (Å²) in [5, 5.41) is 0. The minimum Gasteiger partial charge on any atom is -0.294 e. The summed E-state index contributed by atoms with van der Waals surface area (Å²) in [6.07, 6.45) is 2.63. The standard InChI is InChI=1S/C11H13BrOS/c1-8-4-3-5-9(11(8)12)10(13)6-7-14-2/h3-5H,6-7H2,1-2H3. The molecule has 0 radical (unpaired) electrons. The van der Waals surface area contributed by atoms with Crippen LogP contribution in [0.2, 0.25) is 0 Å². The minimum absolute atomic E-state index is 0.218. The Morgan fingerprint density at radius 3 is 2.86 bits per heavy atom. The van der Waals surface area contributed by atoms with E-state index in [2.05, 4.69) is 15.9 Å². The third-order valence-corrected chi connectivity index (χ3v) is 3.69. The zero-order chi connectivity index (χ0) is 10.6. The Kier molecular flexibility index (Phi) is 4.69. The highest BCUT2D eigenvalue weighted by Crippen LogP contribution is 2.22. The van der Waals surface area contributed by atoms with E-state index in [9.17, 15) is 4.79 Å². The molecule has 0 N–H and O–H groups in total. The van der Waals surface area contributed by atoms with E-state index in [1.165, 1.54) is 0 Å². The molecule has 0 spiro atoms. The molecule has 0 amide bonds. The van der Waals surface area contributed by atoms with Gasteiger partial charge < -0.3 is 0 Å². The van der Waals surface area contributed by atoms with Gasteiger partial charge in [-0.3, -0.25) is 4.79 Å². The van der Waals surface area contributed by atoms with Gasteiger partial charge >= 0.3 is 0 Å². The summed E-state index contributed by atoms with van der Waals surface area (Å²) in [4.78, 5) is 11.7. The first-order valence-electron chi connectivity index (χ1n) is 4.44. The zero-order valence-electron chi connectivity index (χ0n) is 8.34. The first kappa shape index (κ1) is 11.8. The maximum absolute atomic E-state index is 11.7. The molecule has 0 unspecified atom stereocenters. The van der Waals surface area contributed by atoms with Gasteiger partial charge in [0.05, 0.1) is 0 Å². The van der Waals surface area contributed by atoms with Crippen molar-refractivity contribution in [2.45, 2.75) is 13.3 Å². The van der Waals surface area contributed by atoms with Crippen LogP contribution in [0.1, 0.15) is 22.3 Å². The van der Waals surface area contributed by atoms with E-state index >= 15 is 0 Å². The summed E-state index contributed by atoms with van der Waals surface area (Å²) in [5.74, 6) is 1.11. The summed E-state index contributed by atoms with van der Waals surface area (Å²) in [5.41, 5.74) is 1.92. The molecule has 0 saturated heterocycles. The molecule has 0 saturated carbocycles. The largest absolute Gasteiger partial charge is 0.294 e. The number of aryl methyl sites for hydroxylation is 1. The van der Waals surface area contributed by atoms with Gasteiger partial charge in [-0.2, -0.15) is 11.8 Å². The molecule has 0 aliphatic carbocycles. The second-order valence-corrected chi connectivity index (χ2v) is 4.88. The van der Waals surface area contributed by atoms with Crippen LogP contribution >= 0.6 is 27.7 Å². The van der Waals surface area contributed by atoms with Crippen molar-refractivity contribution in [1.82, 2.24) is 0 Å². The summed E-state index contributed by atoms with van der Waals surface area (Å²) < 4.78 is 0.936. The number of rotatable bonds is 4. The van der Waals surface area contributed by atoms with Crippen molar-refractivity contribution in [1.29, 1.82) is 0 Å². The number of hydrogen-bond acceptors (Lipinski definition) is 2. The van der Waals surface area contributed by atoms with Gasteiger partial charge in [-0.05, 0) is 34.7 Å². The monoisotopic (exact) mass is 272 g/mol. The Morgan fingerprint density at radius 1 is 1.50 bits per heavy atom. The maximum Gasteiger partial charge on any atom is 0.164 e. The molecule has 0 fully saturated rings. The molecule has 0 atom stereocenters. The van der Waals surface area contributed by atoms with Crippen LogP contribution in [0.5, 0.6) is 0 Å². The van der Waals surface area contributed by atoms with Gasteiger partial charge in [-0.25, -0.2) is 0 Å². The highest BCUT2D eigenvalue weighted by molar-refractivity contribution is 9.10. The van der Waals surface area contributed by atoms with Crippen LogP contribution in [-0.2, 0) is 0 Å². The summed E-state index contributed by atoms with van der Waals surface area (Å²) in [6, 6.07) is 5.79. The number of thioether (sulfide) groups is 1. The molecule has 0 aliphatic rings. The summed E-state index contributed by atoms with van der Waals surface area (Å²) in [7, 11) is 0. The average Bonchev–Trinajstić information content (AvgIpc) is 2.18. The second kappa shape index (κ2) is 5.56. The van der Waals surface area contributed by atoms with E-state index in [4.69, 9.17) is 0 Å². The number of benzene rings is 1.